The molecule has 0 bridgehead atoms. The first kappa shape index (κ1) is 13.7. The molecular weight excluding hydrogens is 316 g/mol. The average Bonchev–Trinajstić information content (AvgIpc) is 2.40. The highest BCUT2D eigenvalue weighted by atomic mass is 79.9. The Morgan fingerprint density at radius 3 is 2.58 bits per heavy atom. The van der Waals surface area contributed by atoms with Crippen LogP contribution < -0.4 is 0 Å². The number of hydrogen-bond acceptors (Lipinski definition) is 2. The second-order valence-corrected chi connectivity index (χ2v) is 4.71. The van der Waals surface area contributed by atoms with Crippen LogP contribution in [0.5, 0.6) is 0 Å². The molecule has 98 valence electrons. The van der Waals surface area contributed by atoms with Gasteiger partial charge in [0, 0.05) is 10.0 Å². The molecule has 0 spiro atoms. The average molecular weight is 326 g/mol. The Bertz CT molecular complexity index is 584. The van der Waals surface area contributed by atoms with Gasteiger partial charge in [-0.1, -0.05) is 33.2 Å². The first-order valence-electron chi connectivity index (χ1n) is 5.50. The van der Waals surface area contributed by atoms with E-state index in [1.807, 2.05) is 24.3 Å². The van der Waals surface area contributed by atoms with Crippen LogP contribution in [0.3, 0.4) is 0 Å². The number of hydrogen-bond donors (Lipinski definition) is 0. The molecule has 0 saturated heterocycles. The standard InChI is InChI=1S/C14H10BrF2NO/c15-12-3-1-10(2-4-12)8-18-19-9-11-7-13(16)5-6-14(11)17/h1-8H,9H2. The molecule has 19 heavy (non-hydrogen) atoms. The van der Waals surface area contributed by atoms with Crippen molar-refractivity contribution in [2.45, 2.75) is 6.61 Å². The Balaban J connectivity index is 1.92. The third-order valence-electron chi connectivity index (χ3n) is 2.37. The van der Waals surface area contributed by atoms with Crippen molar-refractivity contribution in [2.75, 3.05) is 0 Å². The highest BCUT2D eigenvalue weighted by Gasteiger charge is 2.03. The largest absolute Gasteiger partial charge is 0.391 e. The fourth-order valence-corrected chi connectivity index (χ4v) is 1.67. The molecular formula is C14H10BrF2NO. The molecule has 0 aliphatic carbocycles. The molecule has 5 heteroatoms. The number of oxime groups is 1. The summed E-state index contributed by atoms with van der Waals surface area (Å²) in [5, 5.41) is 3.71. The van der Waals surface area contributed by atoms with E-state index < -0.39 is 11.6 Å². The molecule has 0 atom stereocenters. The quantitative estimate of drug-likeness (QED) is 0.607. The van der Waals surface area contributed by atoms with E-state index in [0.717, 1.165) is 28.2 Å². The third kappa shape index (κ3) is 4.13. The Hall–Kier alpha value is -1.75. The Kier molecular flexibility index (Phi) is 4.63. The lowest BCUT2D eigenvalue weighted by Gasteiger charge is -2.01. The summed E-state index contributed by atoms with van der Waals surface area (Å²) in [5.41, 5.74) is 0.982. The summed E-state index contributed by atoms with van der Waals surface area (Å²) in [6.45, 7) is -0.114. The van der Waals surface area contributed by atoms with Crippen LogP contribution in [0.2, 0.25) is 0 Å². The maximum absolute atomic E-state index is 13.3. The normalized spacial score (nSPS) is 10.9. The van der Waals surface area contributed by atoms with E-state index >= 15 is 0 Å². The second-order valence-electron chi connectivity index (χ2n) is 3.80. The van der Waals surface area contributed by atoms with Gasteiger partial charge in [-0.25, -0.2) is 8.78 Å². The fourth-order valence-electron chi connectivity index (χ4n) is 1.41. The van der Waals surface area contributed by atoms with Gasteiger partial charge in [0.25, 0.3) is 0 Å². The molecule has 2 aromatic carbocycles. The lowest BCUT2D eigenvalue weighted by Crippen LogP contribution is -1.93. The summed E-state index contributed by atoms with van der Waals surface area (Å²) in [4.78, 5) is 4.94. The maximum atomic E-state index is 13.3. The van der Waals surface area contributed by atoms with Crippen LogP contribution in [0.15, 0.2) is 52.1 Å². The lowest BCUT2D eigenvalue weighted by atomic mass is 10.2. The minimum absolute atomic E-state index is 0.114. The molecule has 0 N–H and O–H groups in total. The summed E-state index contributed by atoms with van der Waals surface area (Å²) in [6, 6.07) is 10.6. The van der Waals surface area contributed by atoms with Crippen molar-refractivity contribution in [1.29, 1.82) is 0 Å². The summed E-state index contributed by atoms with van der Waals surface area (Å²) in [7, 11) is 0. The summed E-state index contributed by atoms with van der Waals surface area (Å²) >= 11 is 3.32. The van der Waals surface area contributed by atoms with Crippen molar-refractivity contribution >= 4 is 22.1 Å². The highest BCUT2D eigenvalue weighted by molar-refractivity contribution is 9.10. The van der Waals surface area contributed by atoms with Gasteiger partial charge in [-0.2, -0.15) is 0 Å². The van der Waals surface area contributed by atoms with E-state index in [4.69, 9.17) is 4.84 Å². The van der Waals surface area contributed by atoms with Crippen LogP contribution in [-0.4, -0.2) is 6.21 Å². The first-order valence-corrected chi connectivity index (χ1v) is 6.29. The Labute approximate surface area is 117 Å². The Morgan fingerprint density at radius 1 is 1.11 bits per heavy atom. The summed E-state index contributed by atoms with van der Waals surface area (Å²) in [5.74, 6) is -1.02. The van der Waals surface area contributed by atoms with Gasteiger partial charge in [0.1, 0.15) is 18.2 Å². The van der Waals surface area contributed by atoms with Crippen molar-refractivity contribution in [3.05, 3.63) is 69.7 Å². The lowest BCUT2D eigenvalue weighted by molar-refractivity contribution is 0.129. The third-order valence-corrected chi connectivity index (χ3v) is 2.90. The van der Waals surface area contributed by atoms with Crippen LogP contribution >= 0.6 is 15.9 Å². The number of benzene rings is 2. The van der Waals surface area contributed by atoms with Gasteiger partial charge in [-0.3, -0.25) is 0 Å². The molecule has 0 heterocycles. The van der Waals surface area contributed by atoms with E-state index in [2.05, 4.69) is 21.1 Å². The van der Waals surface area contributed by atoms with Gasteiger partial charge < -0.3 is 4.84 Å². The van der Waals surface area contributed by atoms with E-state index in [0.29, 0.717) is 0 Å². The molecule has 0 aliphatic rings. The molecule has 0 radical (unpaired) electrons. The van der Waals surface area contributed by atoms with E-state index in [1.54, 1.807) is 0 Å². The van der Waals surface area contributed by atoms with Gasteiger partial charge in [-0.15, -0.1) is 0 Å². The van der Waals surface area contributed by atoms with Gasteiger partial charge in [-0.05, 0) is 35.9 Å². The molecule has 2 rings (SSSR count). The van der Waals surface area contributed by atoms with Crippen molar-refractivity contribution in [2.24, 2.45) is 5.16 Å². The predicted octanol–water partition coefficient (Wildman–Crippen LogP) is 4.28. The first-order chi connectivity index (χ1) is 9.15. The SMILES string of the molecule is Fc1ccc(F)c(CON=Cc2ccc(Br)cc2)c1. The van der Waals surface area contributed by atoms with Crippen LogP contribution in [-0.2, 0) is 11.4 Å². The van der Waals surface area contributed by atoms with Crippen LogP contribution in [0.1, 0.15) is 11.1 Å². The zero-order valence-electron chi connectivity index (χ0n) is 9.82. The van der Waals surface area contributed by atoms with Crippen molar-refractivity contribution in [1.82, 2.24) is 0 Å². The van der Waals surface area contributed by atoms with Crippen LogP contribution in [0.25, 0.3) is 0 Å². The highest BCUT2D eigenvalue weighted by Crippen LogP contribution is 2.11. The molecule has 2 nitrogen and oxygen atoms in total. The Morgan fingerprint density at radius 2 is 1.84 bits per heavy atom. The smallest absolute Gasteiger partial charge is 0.145 e. The topological polar surface area (TPSA) is 21.6 Å². The molecule has 0 unspecified atom stereocenters. The zero-order chi connectivity index (χ0) is 13.7. The van der Waals surface area contributed by atoms with Crippen LogP contribution in [0.4, 0.5) is 8.78 Å². The number of nitrogens with zero attached hydrogens (tertiary/aromatic N) is 1. The molecule has 2 aromatic rings. The van der Waals surface area contributed by atoms with Crippen LogP contribution in [0, 0.1) is 11.6 Å². The second kappa shape index (κ2) is 6.43. The monoisotopic (exact) mass is 325 g/mol. The minimum atomic E-state index is -0.514. The molecule has 0 aliphatic heterocycles. The maximum Gasteiger partial charge on any atom is 0.145 e. The van der Waals surface area contributed by atoms with Gasteiger partial charge in [0.15, 0.2) is 0 Å². The molecule has 0 fully saturated rings. The number of rotatable bonds is 4. The van der Waals surface area contributed by atoms with E-state index in [-0.39, 0.29) is 12.2 Å². The van der Waals surface area contributed by atoms with Crippen molar-refractivity contribution in [3.8, 4) is 0 Å². The zero-order valence-corrected chi connectivity index (χ0v) is 11.4. The minimum Gasteiger partial charge on any atom is -0.391 e. The molecule has 0 amide bonds. The fraction of sp³-hybridized carbons (Fsp3) is 0.0714. The van der Waals surface area contributed by atoms with Crippen molar-refractivity contribution < 1.29 is 13.6 Å². The molecule has 0 saturated carbocycles. The van der Waals surface area contributed by atoms with E-state index in [1.165, 1.54) is 6.21 Å². The van der Waals surface area contributed by atoms with Crippen molar-refractivity contribution in [3.63, 3.8) is 0 Å². The van der Waals surface area contributed by atoms with Gasteiger partial charge in [0.05, 0.1) is 6.21 Å². The van der Waals surface area contributed by atoms with Gasteiger partial charge >= 0.3 is 0 Å². The summed E-state index contributed by atoms with van der Waals surface area (Å²) < 4.78 is 27.1. The predicted molar refractivity (Wildman–Crippen MR) is 72.9 cm³/mol. The van der Waals surface area contributed by atoms with E-state index in [9.17, 15) is 8.78 Å². The summed E-state index contributed by atoms with van der Waals surface area (Å²) in [6.07, 6.45) is 1.50. The number of halogens is 3. The van der Waals surface area contributed by atoms with Gasteiger partial charge in [0.2, 0.25) is 0 Å². The molecule has 0 aromatic heterocycles.